The third kappa shape index (κ3) is 3.70. The second-order valence-electron chi connectivity index (χ2n) is 3.41. The van der Waals surface area contributed by atoms with Gasteiger partial charge < -0.3 is 9.84 Å². The Balaban J connectivity index is 2.59. The quantitative estimate of drug-likeness (QED) is 0.868. The van der Waals surface area contributed by atoms with Crippen molar-refractivity contribution in [2.45, 2.75) is 25.9 Å². The predicted molar refractivity (Wildman–Crippen MR) is 58.4 cm³/mol. The molecule has 0 radical (unpaired) electrons. The highest BCUT2D eigenvalue weighted by atomic mass is 35.5. The van der Waals surface area contributed by atoms with E-state index in [0.717, 1.165) is 0 Å². The molecule has 0 aliphatic rings. The third-order valence-electron chi connectivity index (χ3n) is 2.01. The van der Waals surface area contributed by atoms with Gasteiger partial charge >= 0.3 is 5.97 Å². The SMILES string of the molecule is CC(CCC(=O)O)Oc1cccc(Cl)c1F. The summed E-state index contributed by atoms with van der Waals surface area (Å²) in [5.74, 6) is -1.47. The zero-order valence-electron chi connectivity index (χ0n) is 8.74. The van der Waals surface area contributed by atoms with Crippen LogP contribution in [0.25, 0.3) is 0 Å². The Kier molecular flexibility index (Phi) is 4.55. The van der Waals surface area contributed by atoms with Crippen molar-refractivity contribution in [3.8, 4) is 5.75 Å². The molecular formula is C11H12ClFO3. The molecular weight excluding hydrogens is 235 g/mol. The van der Waals surface area contributed by atoms with E-state index in [0.29, 0.717) is 6.42 Å². The van der Waals surface area contributed by atoms with Crippen molar-refractivity contribution in [2.75, 3.05) is 0 Å². The van der Waals surface area contributed by atoms with Gasteiger partial charge in [-0.3, -0.25) is 4.79 Å². The maximum absolute atomic E-state index is 13.4. The monoisotopic (exact) mass is 246 g/mol. The molecule has 0 aliphatic carbocycles. The number of rotatable bonds is 5. The summed E-state index contributed by atoms with van der Waals surface area (Å²) in [5, 5.41) is 8.47. The second kappa shape index (κ2) is 5.70. The third-order valence-corrected chi connectivity index (χ3v) is 2.30. The van der Waals surface area contributed by atoms with E-state index >= 15 is 0 Å². The number of carbonyl (C=O) groups is 1. The summed E-state index contributed by atoms with van der Waals surface area (Å²) in [6.07, 6.45) is -0.0611. The van der Waals surface area contributed by atoms with Gasteiger partial charge in [-0.2, -0.15) is 0 Å². The molecule has 1 atom stereocenters. The van der Waals surface area contributed by atoms with Crippen LogP contribution in [-0.4, -0.2) is 17.2 Å². The van der Waals surface area contributed by atoms with Crippen molar-refractivity contribution in [2.24, 2.45) is 0 Å². The minimum atomic E-state index is -0.901. The van der Waals surface area contributed by atoms with Gasteiger partial charge in [-0.1, -0.05) is 17.7 Å². The molecule has 0 aromatic heterocycles. The summed E-state index contributed by atoms with van der Waals surface area (Å²) in [5.41, 5.74) is 0. The van der Waals surface area contributed by atoms with Crippen molar-refractivity contribution in [1.29, 1.82) is 0 Å². The van der Waals surface area contributed by atoms with Gasteiger partial charge in [0, 0.05) is 6.42 Å². The molecule has 16 heavy (non-hydrogen) atoms. The van der Waals surface area contributed by atoms with Crippen molar-refractivity contribution >= 4 is 17.6 Å². The molecule has 1 N–H and O–H groups in total. The molecule has 3 nitrogen and oxygen atoms in total. The summed E-state index contributed by atoms with van der Waals surface area (Å²) >= 11 is 5.58. The summed E-state index contributed by atoms with van der Waals surface area (Å²) in [6.45, 7) is 1.68. The number of aliphatic carboxylic acids is 1. The van der Waals surface area contributed by atoms with Gasteiger partial charge in [0.1, 0.15) is 0 Å². The number of halogens is 2. The fourth-order valence-electron chi connectivity index (χ4n) is 1.18. The lowest BCUT2D eigenvalue weighted by Crippen LogP contribution is -2.14. The van der Waals surface area contributed by atoms with Crippen LogP contribution in [0.5, 0.6) is 5.75 Å². The molecule has 1 rings (SSSR count). The van der Waals surface area contributed by atoms with Gasteiger partial charge in [0.2, 0.25) is 0 Å². The summed E-state index contributed by atoms with van der Waals surface area (Å²) in [7, 11) is 0. The lowest BCUT2D eigenvalue weighted by Gasteiger charge is -2.14. The Labute approximate surface area is 97.8 Å². The van der Waals surface area contributed by atoms with E-state index in [2.05, 4.69) is 0 Å². The lowest BCUT2D eigenvalue weighted by molar-refractivity contribution is -0.137. The van der Waals surface area contributed by atoms with E-state index in [-0.39, 0.29) is 23.3 Å². The second-order valence-corrected chi connectivity index (χ2v) is 3.82. The van der Waals surface area contributed by atoms with E-state index in [1.165, 1.54) is 12.1 Å². The Morgan fingerprint density at radius 2 is 2.31 bits per heavy atom. The first-order valence-corrected chi connectivity index (χ1v) is 5.21. The Morgan fingerprint density at radius 3 is 2.94 bits per heavy atom. The van der Waals surface area contributed by atoms with E-state index in [1.807, 2.05) is 0 Å². The van der Waals surface area contributed by atoms with E-state index < -0.39 is 11.8 Å². The van der Waals surface area contributed by atoms with Crippen molar-refractivity contribution in [3.05, 3.63) is 29.0 Å². The van der Waals surface area contributed by atoms with Crippen LogP contribution in [0, 0.1) is 5.82 Å². The zero-order valence-corrected chi connectivity index (χ0v) is 9.50. The van der Waals surface area contributed by atoms with Gasteiger partial charge in [0.15, 0.2) is 11.6 Å². The molecule has 0 amide bonds. The van der Waals surface area contributed by atoms with Crippen molar-refractivity contribution in [1.82, 2.24) is 0 Å². The standard InChI is InChI=1S/C11H12ClFO3/c1-7(5-6-10(14)15)16-9-4-2-3-8(12)11(9)13/h2-4,7H,5-6H2,1H3,(H,14,15). The topological polar surface area (TPSA) is 46.5 Å². The number of hydrogen-bond donors (Lipinski definition) is 1. The molecule has 1 aromatic rings. The van der Waals surface area contributed by atoms with E-state index in [1.54, 1.807) is 13.0 Å². The van der Waals surface area contributed by atoms with E-state index in [9.17, 15) is 9.18 Å². The smallest absolute Gasteiger partial charge is 0.303 e. The molecule has 1 unspecified atom stereocenters. The van der Waals surface area contributed by atoms with Crippen LogP contribution in [-0.2, 0) is 4.79 Å². The predicted octanol–water partition coefficient (Wildman–Crippen LogP) is 3.11. The van der Waals surface area contributed by atoms with Crippen LogP contribution < -0.4 is 4.74 Å². The molecule has 0 bridgehead atoms. The highest BCUT2D eigenvalue weighted by Gasteiger charge is 2.12. The highest BCUT2D eigenvalue weighted by Crippen LogP contribution is 2.25. The van der Waals surface area contributed by atoms with Crippen molar-refractivity contribution < 1.29 is 19.0 Å². The van der Waals surface area contributed by atoms with Crippen LogP contribution in [0.3, 0.4) is 0 Å². The van der Waals surface area contributed by atoms with Gasteiger partial charge in [-0.15, -0.1) is 0 Å². The van der Waals surface area contributed by atoms with Crippen LogP contribution in [0.1, 0.15) is 19.8 Å². The Hall–Kier alpha value is -1.29. The van der Waals surface area contributed by atoms with Gasteiger partial charge in [-0.25, -0.2) is 4.39 Å². The van der Waals surface area contributed by atoms with Crippen LogP contribution in [0.2, 0.25) is 5.02 Å². The maximum atomic E-state index is 13.4. The molecule has 0 spiro atoms. The fourth-order valence-corrected chi connectivity index (χ4v) is 1.34. The number of hydrogen-bond acceptors (Lipinski definition) is 2. The summed E-state index contributed by atoms with van der Waals surface area (Å²) in [4.78, 5) is 10.3. The zero-order chi connectivity index (χ0) is 12.1. The molecule has 88 valence electrons. The first-order chi connectivity index (χ1) is 7.50. The fraction of sp³-hybridized carbons (Fsp3) is 0.364. The first-order valence-electron chi connectivity index (χ1n) is 4.83. The van der Waals surface area contributed by atoms with Gasteiger partial charge in [0.05, 0.1) is 11.1 Å². The normalized spacial score (nSPS) is 12.2. The van der Waals surface area contributed by atoms with Crippen LogP contribution in [0.4, 0.5) is 4.39 Å². The summed E-state index contributed by atoms with van der Waals surface area (Å²) < 4.78 is 18.6. The molecule has 0 aliphatic heterocycles. The highest BCUT2D eigenvalue weighted by molar-refractivity contribution is 6.30. The Bertz CT molecular complexity index is 381. The molecule has 0 saturated heterocycles. The van der Waals surface area contributed by atoms with Crippen molar-refractivity contribution in [3.63, 3.8) is 0 Å². The summed E-state index contributed by atoms with van der Waals surface area (Å²) in [6, 6.07) is 4.45. The first kappa shape index (κ1) is 12.8. The molecule has 5 heteroatoms. The number of carboxylic acid groups (broad SMARTS) is 1. The Morgan fingerprint density at radius 1 is 1.62 bits per heavy atom. The minimum Gasteiger partial charge on any atom is -0.488 e. The average molecular weight is 247 g/mol. The van der Waals surface area contributed by atoms with Gasteiger partial charge in [0.25, 0.3) is 0 Å². The van der Waals surface area contributed by atoms with Gasteiger partial charge in [-0.05, 0) is 25.5 Å². The minimum absolute atomic E-state index is 0.0106. The number of benzene rings is 1. The lowest BCUT2D eigenvalue weighted by atomic mass is 10.2. The van der Waals surface area contributed by atoms with Crippen LogP contribution in [0.15, 0.2) is 18.2 Å². The molecule has 0 fully saturated rings. The number of ether oxygens (including phenoxy) is 1. The molecule has 0 heterocycles. The van der Waals surface area contributed by atoms with Crippen LogP contribution >= 0.6 is 11.6 Å². The average Bonchev–Trinajstić information content (AvgIpc) is 2.22. The maximum Gasteiger partial charge on any atom is 0.303 e. The molecule has 0 saturated carbocycles. The molecule has 1 aromatic carbocycles. The number of carboxylic acids is 1. The van der Waals surface area contributed by atoms with E-state index in [4.69, 9.17) is 21.4 Å². The largest absolute Gasteiger partial charge is 0.488 e.